The third kappa shape index (κ3) is 3.34. The first kappa shape index (κ1) is 12.2. The fraction of sp³-hybridized carbons (Fsp3) is 0.364. The molecule has 0 aliphatic rings. The van der Waals surface area contributed by atoms with Crippen molar-refractivity contribution < 1.29 is 4.52 Å². The largest absolute Gasteiger partial charge is 0.339 e. The lowest BCUT2D eigenvalue weighted by Crippen LogP contribution is -1.99. The number of hydrogen-bond acceptors (Lipinski definition) is 5. The van der Waals surface area contributed by atoms with E-state index in [4.69, 9.17) is 10.3 Å². The molecule has 2 aromatic heterocycles. The van der Waals surface area contributed by atoms with Crippen molar-refractivity contribution >= 4 is 15.9 Å². The molecular formula is C11H13BrN4O. The molecule has 2 heterocycles. The number of nitrogens with zero attached hydrogens (tertiary/aromatic N) is 3. The van der Waals surface area contributed by atoms with Crippen molar-refractivity contribution in [2.75, 3.05) is 6.54 Å². The Labute approximate surface area is 108 Å². The molecule has 0 saturated heterocycles. The van der Waals surface area contributed by atoms with Gasteiger partial charge in [-0.1, -0.05) is 5.16 Å². The van der Waals surface area contributed by atoms with Gasteiger partial charge in [-0.2, -0.15) is 4.98 Å². The molecule has 0 saturated carbocycles. The molecule has 2 aromatic rings. The Morgan fingerprint density at radius 2 is 2.18 bits per heavy atom. The summed E-state index contributed by atoms with van der Waals surface area (Å²) in [6.07, 6.45) is 4.40. The molecule has 90 valence electrons. The molecule has 2 rings (SSSR count). The normalized spacial score (nSPS) is 10.7. The summed E-state index contributed by atoms with van der Waals surface area (Å²) in [6, 6.07) is 3.74. The van der Waals surface area contributed by atoms with Crippen LogP contribution >= 0.6 is 15.9 Å². The van der Waals surface area contributed by atoms with Crippen LogP contribution in [-0.4, -0.2) is 21.7 Å². The van der Waals surface area contributed by atoms with E-state index >= 15 is 0 Å². The van der Waals surface area contributed by atoms with Crippen molar-refractivity contribution in [2.45, 2.75) is 19.3 Å². The van der Waals surface area contributed by atoms with Gasteiger partial charge in [-0.25, -0.2) is 0 Å². The van der Waals surface area contributed by atoms with Crippen LogP contribution in [0.15, 0.2) is 27.3 Å². The van der Waals surface area contributed by atoms with Gasteiger partial charge >= 0.3 is 0 Å². The minimum Gasteiger partial charge on any atom is -0.339 e. The average molecular weight is 297 g/mol. The highest BCUT2D eigenvalue weighted by Crippen LogP contribution is 2.16. The van der Waals surface area contributed by atoms with E-state index in [0.29, 0.717) is 24.0 Å². The number of pyridine rings is 1. The molecule has 0 bridgehead atoms. The highest BCUT2D eigenvalue weighted by atomic mass is 79.9. The zero-order valence-corrected chi connectivity index (χ0v) is 10.9. The smallest absolute Gasteiger partial charge is 0.227 e. The predicted molar refractivity (Wildman–Crippen MR) is 67.2 cm³/mol. The van der Waals surface area contributed by atoms with Crippen LogP contribution in [0.1, 0.15) is 18.7 Å². The maximum absolute atomic E-state index is 5.42. The molecule has 5 nitrogen and oxygen atoms in total. The Morgan fingerprint density at radius 1 is 1.29 bits per heavy atom. The first-order chi connectivity index (χ1) is 8.29. The van der Waals surface area contributed by atoms with Gasteiger partial charge in [0.1, 0.15) is 5.69 Å². The summed E-state index contributed by atoms with van der Waals surface area (Å²) in [6.45, 7) is 0.690. The van der Waals surface area contributed by atoms with Crippen LogP contribution in [0.2, 0.25) is 0 Å². The molecule has 17 heavy (non-hydrogen) atoms. The van der Waals surface area contributed by atoms with Crippen molar-refractivity contribution in [3.8, 4) is 11.5 Å². The molecule has 0 aromatic carbocycles. The van der Waals surface area contributed by atoms with Crippen LogP contribution in [0.5, 0.6) is 0 Å². The van der Waals surface area contributed by atoms with Gasteiger partial charge in [0.25, 0.3) is 0 Å². The maximum atomic E-state index is 5.42. The summed E-state index contributed by atoms with van der Waals surface area (Å²) in [5.41, 5.74) is 6.13. The predicted octanol–water partition coefficient (Wildman–Crippen LogP) is 2.18. The Kier molecular flexibility index (Phi) is 4.22. The molecular weight excluding hydrogens is 284 g/mol. The number of halogens is 1. The highest BCUT2D eigenvalue weighted by Gasteiger charge is 2.09. The van der Waals surface area contributed by atoms with E-state index in [1.165, 1.54) is 0 Å². The van der Waals surface area contributed by atoms with E-state index < -0.39 is 0 Å². The van der Waals surface area contributed by atoms with Gasteiger partial charge < -0.3 is 10.3 Å². The fourth-order valence-corrected chi connectivity index (χ4v) is 1.62. The third-order valence-electron chi connectivity index (χ3n) is 2.27. The molecule has 6 heteroatoms. The lowest BCUT2D eigenvalue weighted by atomic mass is 10.2. The van der Waals surface area contributed by atoms with Gasteiger partial charge in [-0.05, 0) is 47.4 Å². The molecule has 0 amide bonds. The minimum absolute atomic E-state index is 0.528. The molecule has 0 spiro atoms. The van der Waals surface area contributed by atoms with Gasteiger partial charge in [0.2, 0.25) is 11.7 Å². The maximum Gasteiger partial charge on any atom is 0.227 e. The molecule has 0 radical (unpaired) electrons. The number of unbranched alkanes of at least 4 members (excludes halogenated alkanes) is 1. The zero-order chi connectivity index (χ0) is 12.1. The molecule has 0 atom stereocenters. The quantitative estimate of drug-likeness (QED) is 0.856. The number of aromatic nitrogens is 3. The minimum atomic E-state index is 0.528. The zero-order valence-electron chi connectivity index (χ0n) is 9.27. The van der Waals surface area contributed by atoms with Gasteiger partial charge in [0.05, 0.1) is 0 Å². The second kappa shape index (κ2) is 5.88. The van der Waals surface area contributed by atoms with Crippen LogP contribution in [0.4, 0.5) is 0 Å². The summed E-state index contributed by atoms with van der Waals surface area (Å²) in [5, 5.41) is 3.90. The molecule has 0 fully saturated rings. The second-order valence-electron chi connectivity index (χ2n) is 3.62. The van der Waals surface area contributed by atoms with Crippen LogP contribution in [-0.2, 0) is 6.42 Å². The SMILES string of the molecule is NCCCCc1nc(-c2ccc(Br)cn2)no1. The highest BCUT2D eigenvalue weighted by molar-refractivity contribution is 9.10. The van der Waals surface area contributed by atoms with Crippen LogP contribution < -0.4 is 5.73 Å². The van der Waals surface area contributed by atoms with E-state index in [-0.39, 0.29) is 0 Å². The van der Waals surface area contributed by atoms with Gasteiger partial charge in [-0.3, -0.25) is 4.98 Å². The molecule has 0 aliphatic carbocycles. The monoisotopic (exact) mass is 296 g/mol. The Hall–Kier alpha value is -1.27. The van der Waals surface area contributed by atoms with Crippen molar-refractivity contribution in [1.29, 1.82) is 0 Å². The first-order valence-corrected chi connectivity index (χ1v) is 6.23. The molecule has 0 unspecified atom stereocenters. The van der Waals surface area contributed by atoms with E-state index in [1.54, 1.807) is 6.20 Å². The first-order valence-electron chi connectivity index (χ1n) is 5.44. The lowest BCUT2D eigenvalue weighted by molar-refractivity contribution is 0.375. The summed E-state index contributed by atoms with van der Waals surface area (Å²) in [4.78, 5) is 8.49. The van der Waals surface area contributed by atoms with E-state index in [9.17, 15) is 0 Å². The van der Waals surface area contributed by atoms with E-state index in [0.717, 1.165) is 23.7 Å². The van der Waals surface area contributed by atoms with Gasteiger partial charge in [0.15, 0.2) is 0 Å². The molecule has 0 aliphatic heterocycles. The number of nitrogens with two attached hydrogens (primary N) is 1. The van der Waals surface area contributed by atoms with Gasteiger partial charge in [0, 0.05) is 17.1 Å². The summed E-state index contributed by atoms with van der Waals surface area (Å²) in [7, 11) is 0. The Balaban J connectivity index is 2.04. The topological polar surface area (TPSA) is 77.8 Å². The second-order valence-corrected chi connectivity index (χ2v) is 4.53. The standard InChI is InChI=1S/C11H13BrN4O/c12-8-4-5-9(14-7-8)11-15-10(17-16-11)3-1-2-6-13/h4-5,7H,1-3,6,13H2. The Bertz CT molecular complexity index is 469. The van der Waals surface area contributed by atoms with E-state index in [2.05, 4.69) is 31.1 Å². The average Bonchev–Trinajstić information content (AvgIpc) is 2.79. The van der Waals surface area contributed by atoms with Crippen molar-refractivity contribution in [2.24, 2.45) is 5.73 Å². The number of rotatable bonds is 5. The van der Waals surface area contributed by atoms with Gasteiger partial charge in [-0.15, -0.1) is 0 Å². The Morgan fingerprint density at radius 3 is 2.88 bits per heavy atom. The van der Waals surface area contributed by atoms with Crippen molar-refractivity contribution in [3.63, 3.8) is 0 Å². The number of aryl methyl sites for hydroxylation is 1. The van der Waals surface area contributed by atoms with E-state index in [1.807, 2.05) is 12.1 Å². The van der Waals surface area contributed by atoms with Crippen molar-refractivity contribution in [1.82, 2.24) is 15.1 Å². The summed E-state index contributed by atoms with van der Waals surface area (Å²) < 4.78 is 6.07. The lowest BCUT2D eigenvalue weighted by Gasteiger charge is -1.93. The van der Waals surface area contributed by atoms with Crippen molar-refractivity contribution in [3.05, 3.63) is 28.7 Å². The third-order valence-corrected chi connectivity index (χ3v) is 2.74. The van der Waals surface area contributed by atoms with Crippen LogP contribution in [0.3, 0.4) is 0 Å². The summed E-state index contributed by atoms with van der Waals surface area (Å²) >= 11 is 3.33. The molecule has 2 N–H and O–H groups in total. The number of hydrogen-bond donors (Lipinski definition) is 1. The fourth-order valence-electron chi connectivity index (χ4n) is 1.39. The van der Waals surface area contributed by atoms with Crippen LogP contribution in [0, 0.1) is 0 Å². The summed E-state index contributed by atoms with van der Waals surface area (Å²) in [5.74, 6) is 1.17. The van der Waals surface area contributed by atoms with Crippen LogP contribution in [0.25, 0.3) is 11.5 Å².